The summed E-state index contributed by atoms with van der Waals surface area (Å²) in [5.41, 5.74) is 0.570. The van der Waals surface area contributed by atoms with E-state index in [0.717, 1.165) is 12.2 Å². The molecule has 0 N–H and O–H groups in total. The summed E-state index contributed by atoms with van der Waals surface area (Å²) in [5, 5.41) is 0. The van der Waals surface area contributed by atoms with Gasteiger partial charge in [-0.2, -0.15) is 0 Å². The number of carbonyl (C=O) groups excluding carboxylic acids is 1. The molecule has 0 spiro atoms. The van der Waals surface area contributed by atoms with Gasteiger partial charge >= 0.3 is 29.6 Å². The second-order valence-electron chi connectivity index (χ2n) is 4.68. The third kappa shape index (κ3) is 6.58. The van der Waals surface area contributed by atoms with Gasteiger partial charge in [-0.05, 0) is 17.7 Å². The fourth-order valence-corrected chi connectivity index (χ4v) is 2.47. The van der Waals surface area contributed by atoms with Crippen LogP contribution in [0.25, 0.3) is 6.08 Å². The molecule has 1 aliphatic rings. The van der Waals surface area contributed by atoms with Crippen LogP contribution in [0, 0.1) is 0 Å². The molecule has 8 heteroatoms. The summed E-state index contributed by atoms with van der Waals surface area (Å²) in [5.74, 6) is -0.342. The van der Waals surface area contributed by atoms with Crippen molar-refractivity contribution in [3.63, 3.8) is 0 Å². The van der Waals surface area contributed by atoms with Gasteiger partial charge in [-0.25, -0.2) is 8.42 Å². The van der Waals surface area contributed by atoms with E-state index in [4.69, 9.17) is 4.74 Å². The number of rotatable bonds is 4. The fourth-order valence-electron chi connectivity index (χ4n) is 1.96. The van der Waals surface area contributed by atoms with Crippen LogP contribution in [0.15, 0.2) is 47.4 Å². The third-order valence-electron chi connectivity index (χ3n) is 3.11. The minimum Gasteiger partial charge on any atom is -0.744 e. The predicted molar refractivity (Wildman–Crippen MR) is 80.7 cm³/mol. The van der Waals surface area contributed by atoms with Gasteiger partial charge in [-0.15, -0.1) is 0 Å². The average Bonchev–Trinajstić information content (AvgIpc) is 2.52. The van der Waals surface area contributed by atoms with E-state index in [9.17, 15) is 17.8 Å². The summed E-state index contributed by atoms with van der Waals surface area (Å²) in [7, 11) is -4.66. The van der Waals surface area contributed by atoms with Crippen molar-refractivity contribution in [1.29, 1.82) is 0 Å². The van der Waals surface area contributed by atoms with Gasteiger partial charge in [-0.3, -0.25) is 4.79 Å². The first-order valence-electron chi connectivity index (χ1n) is 6.74. The smallest absolute Gasteiger partial charge is 0.744 e. The van der Waals surface area contributed by atoms with Gasteiger partial charge in [0.05, 0.1) is 18.1 Å². The predicted octanol–water partition coefficient (Wildman–Crippen LogP) is -2.01. The minimum absolute atomic E-state index is 0. The number of hydrogen-bond acceptors (Lipinski definition) is 5. The molecule has 0 aromatic heterocycles. The standard InChI is InChI=1S/C15H17NO5S.Na/c17-15(16-8-10-21-11-9-16)7-6-14(22(18,19)20)12-13-4-2-1-3-5-13;/h1-7,12H,8-11H2,(H,18,19,20);/q;+1/p-1. The molecule has 1 heterocycles. The molecule has 1 aliphatic heterocycles. The first kappa shape index (κ1) is 20.1. The number of hydrogen-bond donors (Lipinski definition) is 0. The van der Waals surface area contributed by atoms with Gasteiger partial charge in [0.2, 0.25) is 5.91 Å². The quantitative estimate of drug-likeness (QED) is 0.272. The summed E-state index contributed by atoms with van der Waals surface area (Å²) < 4.78 is 39.0. The van der Waals surface area contributed by atoms with E-state index in [2.05, 4.69) is 0 Å². The largest absolute Gasteiger partial charge is 1.00 e. The maximum atomic E-state index is 11.9. The monoisotopic (exact) mass is 345 g/mol. The van der Waals surface area contributed by atoms with Crippen molar-refractivity contribution in [2.24, 2.45) is 0 Å². The summed E-state index contributed by atoms with van der Waals surface area (Å²) in [6.45, 7) is 1.80. The second kappa shape index (κ2) is 9.36. The van der Waals surface area contributed by atoms with E-state index in [1.54, 1.807) is 30.3 Å². The van der Waals surface area contributed by atoms with Crippen molar-refractivity contribution in [1.82, 2.24) is 4.90 Å². The molecule has 0 atom stereocenters. The van der Waals surface area contributed by atoms with Crippen molar-refractivity contribution in [2.75, 3.05) is 26.3 Å². The topological polar surface area (TPSA) is 86.7 Å². The van der Waals surface area contributed by atoms with Gasteiger partial charge < -0.3 is 14.2 Å². The number of nitrogens with zero attached hydrogens (tertiary/aromatic N) is 1. The van der Waals surface area contributed by atoms with E-state index >= 15 is 0 Å². The van der Waals surface area contributed by atoms with Gasteiger partial charge in [0.25, 0.3) is 0 Å². The Morgan fingerprint density at radius 1 is 1.13 bits per heavy atom. The maximum Gasteiger partial charge on any atom is 1.00 e. The Labute approximate surface area is 157 Å². The normalized spacial score (nSPS) is 16.2. The van der Waals surface area contributed by atoms with E-state index < -0.39 is 15.0 Å². The van der Waals surface area contributed by atoms with Gasteiger partial charge in [0.15, 0.2) is 0 Å². The average molecular weight is 345 g/mol. The Morgan fingerprint density at radius 3 is 2.30 bits per heavy atom. The molecular formula is C15H16NNaO5S. The van der Waals surface area contributed by atoms with Gasteiger partial charge in [0, 0.05) is 19.2 Å². The van der Waals surface area contributed by atoms with Crippen LogP contribution in [-0.4, -0.2) is 50.1 Å². The number of allylic oxidation sites excluding steroid dienone is 1. The summed E-state index contributed by atoms with van der Waals surface area (Å²) in [6.07, 6.45) is 3.40. The Bertz CT molecular complexity index is 679. The molecule has 23 heavy (non-hydrogen) atoms. The molecule has 1 fully saturated rings. The number of morpholine rings is 1. The van der Waals surface area contributed by atoms with Crippen LogP contribution in [0.3, 0.4) is 0 Å². The number of ether oxygens (including phenoxy) is 1. The molecule has 118 valence electrons. The fraction of sp³-hybridized carbons (Fsp3) is 0.267. The molecule has 0 radical (unpaired) electrons. The number of amides is 1. The first-order chi connectivity index (χ1) is 10.5. The molecule has 1 aromatic carbocycles. The minimum atomic E-state index is -4.66. The molecule has 0 unspecified atom stereocenters. The Morgan fingerprint density at radius 2 is 1.74 bits per heavy atom. The van der Waals surface area contributed by atoms with E-state index in [-0.39, 0.29) is 35.5 Å². The van der Waals surface area contributed by atoms with Gasteiger partial charge in [0.1, 0.15) is 10.1 Å². The van der Waals surface area contributed by atoms with E-state index in [0.29, 0.717) is 31.9 Å². The molecule has 2 rings (SSSR count). The zero-order chi connectivity index (χ0) is 16.0. The second-order valence-corrected chi connectivity index (χ2v) is 6.06. The Kier molecular flexibility index (Phi) is 8.18. The summed E-state index contributed by atoms with van der Waals surface area (Å²) >= 11 is 0. The van der Waals surface area contributed by atoms with Crippen LogP contribution in [0.1, 0.15) is 5.56 Å². The molecule has 0 aliphatic carbocycles. The molecule has 6 nitrogen and oxygen atoms in total. The van der Waals surface area contributed by atoms with Crippen molar-refractivity contribution < 1.29 is 52.1 Å². The van der Waals surface area contributed by atoms with Crippen LogP contribution < -0.4 is 29.6 Å². The molecule has 0 bridgehead atoms. The maximum absolute atomic E-state index is 11.9. The van der Waals surface area contributed by atoms with E-state index in [1.807, 2.05) is 0 Å². The van der Waals surface area contributed by atoms with Crippen LogP contribution in [0.5, 0.6) is 0 Å². The first-order valence-corrected chi connectivity index (χ1v) is 8.15. The Hall–Kier alpha value is -0.960. The summed E-state index contributed by atoms with van der Waals surface area (Å²) in [6, 6.07) is 8.57. The molecule has 1 aromatic rings. The zero-order valence-electron chi connectivity index (χ0n) is 12.8. The molecular weight excluding hydrogens is 329 g/mol. The number of carbonyl (C=O) groups is 1. The number of benzene rings is 1. The third-order valence-corrected chi connectivity index (χ3v) is 3.94. The zero-order valence-corrected chi connectivity index (χ0v) is 15.7. The van der Waals surface area contributed by atoms with Crippen LogP contribution in [0.4, 0.5) is 0 Å². The van der Waals surface area contributed by atoms with Gasteiger partial charge in [-0.1, -0.05) is 30.3 Å². The van der Waals surface area contributed by atoms with Crippen molar-refractivity contribution in [2.45, 2.75) is 0 Å². The van der Waals surface area contributed by atoms with Crippen LogP contribution >= 0.6 is 0 Å². The molecule has 1 saturated heterocycles. The SMILES string of the molecule is O=C(C=CC(=Cc1ccccc1)S(=O)(=O)[O-])N1CCOCC1.[Na+]. The van der Waals surface area contributed by atoms with Crippen LogP contribution in [0.2, 0.25) is 0 Å². The molecule has 0 saturated carbocycles. The van der Waals surface area contributed by atoms with Crippen molar-refractivity contribution in [3.8, 4) is 0 Å². The van der Waals surface area contributed by atoms with E-state index in [1.165, 1.54) is 11.0 Å². The van der Waals surface area contributed by atoms with Crippen molar-refractivity contribution in [3.05, 3.63) is 53.0 Å². The van der Waals surface area contributed by atoms with Crippen molar-refractivity contribution >= 4 is 22.1 Å². The van der Waals surface area contributed by atoms with Crippen LogP contribution in [-0.2, 0) is 19.6 Å². The Balaban J connectivity index is 0.00000264. The molecule has 1 amide bonds. The summed E-state index contributed by atoms with van der Waals surface area (Å²) in [4.78, 5) is 13.0.